The van der Waals surface area contributed by atoms with E-state index in [0.29, 0.717) is 4.20 Å². The monoisotopic (exact) mass is 281 g/mol. The highest BCUT2D eigenvalue weighted by Gasteiger charge is 2.30. The predicted molar refractivity (Wildman–Crippen MR) is 73.4 cm³/mol. The molecule has 1 aromatic rings. The molecule has 1 heterocycles. The summed E-state index contributed by atoms with van der Waals surface area (Å²) < 4.78 is 6.69. The lowest BCUT2D eigenvalue weighted by Gasteiger charge is -2.12. The molecule has 0 aromatic heterocycles. The molecular formula is C12H11NO3S2. The Hall–Kier alpha value is -1.40. The zero-order chi connectivity index (χ0) is 13.1. The standard InChI is InChI=1S/C12H11NO3S2/c1-16-9-4-2-8(3-5-9)12(17)18-13-10(14)6-7-11(13)15/h2-5H,6-7H2,1H3. The molecule has 1 aromatic carbocycles. The summed E-state index contributed by atoms with van der Waals surface area (Å²) in [5.41, 5.74) is 0.795. The first-order valence-corrected chi connectivity index (χ1v) is 6.52. The van der Waals surface area contributed by atoms with Crippen molar-refractivity contribution in [2.24, 2.45) is 0 Å². The van der Waals surface area contributed by atoms with E-state index in [0.717, 1.165) is 27.6 Å². The van der Waals surface area contributed by atoms with Crippen LogP contribution in [0, 0.1) is 0 Å². The fraction of sp³-hybridized carbons (Fsp3) is 0.250. The van der Waals surface area contributed by atoms with Gasteiger partial charge in [0.25, 0.3) is 0 Å². The lowest BCUT2D eigenvalue weighted by atomic mass is 10.2. The molecule has 0 bridgehead atoms. The summed E-state index contributed by atoms with van der Waals surface area (Å²) in [4.78, 5) is 22.9. The third-order valence-electron chi connectivity index (χ3n) is 2.51. The molecule has 1 aliphatic heterocycles. The Labute approximate surface area is 114 Å². The number of rotatable bonds is 3. The summed E-state index contributed by atoms with van der Waals surface area (Å²) >= 11 is 6.23. The van der Waals surface area contributed by atoms with Gasteiger partial charge in [-0.2, -0.15) is 0 Å². The number of hydrogen-bond acceptors (Lipinski definition) is 5. The highest BCUT2D eigenvalue weighted by atomic mass is 32.2. The van der Waals surface area contributed by atoms with Crippen LogP contribution in [0.25, 0.3) is 0 Å². The Kier molecular flexibility index (Phi) is 3.98. The number of ether oxygens (including phenoxy) is 1. The van der Waals surface area contributed by atoms with E-state index in [-0.39, 0.29) is 24.7 Å². The van der Waals surface area contributed by atoms with Crippen LogP contribution in [0.1, 0.15) is 18.4 Å². The average Bonchev–Trinajstić information content (AvgIpc) is 2.70. The second kappa shape index (κ2) is 5.49. The minimum Gasteiger partial charge on any atom is -0.497 e. The van der Waals surface area contributed by atoms with Crippen LogP contribution in [0.5, 0.6) is 5.75 Å². The first-order chi connectivity index (χ1) is 8.61. The Morgan fingerprint density at radius 3 is 2.28 bits per heavy atom. The van der Waals surface area contributed by atoms with Gasteiger partial charge in [0.1, 0.15) is 5.75 Å². The summed E-state index contributed by atoms with van der Waals surface area (Å²) in [6.45, 7) is 0. The van der Waals surface area contributed by atoms with Gasteiger partial charge in [0.05, 0.1) is 11.3 Å². The van der Waals surface area contributed by atoms with E-state index in [2.05, 4.69) is 0 Å². The number of methoxy groups -OCH3 is 1. The van der Waals surface area contributed by atoms with E-state index in [1.807, 2.05) is 0 Å². The van der Waals surface area contributed by atoms with Crippen molar-refractivity contribution in [1.82, 2.24) is 4.31 Å². The van der Waals surface area contributed by atoms with E-state index < -0.39 is 0 Å². The molecule has 1 saturated heterocycles. The number of thiocarbonyl (C=S) groups is 1. The Morgan fingerprint density at radius 2 is 1.78 bits per heavy atom. The van der Waals surface area contributed by atoms with Gasteiger partial charge in [0, 0.05) is 30.4 Å². The van der Waals surface area contributed by atoms with Crippen LogP contribution in [0.15, 0.2) is 24.3 Å². The highest BCUT2D eigenvalue weighted by Crippen LogP contribution is 2.26. The molecule has 94 valence electrons. The fourth-order valence-corrected chi connectivity index (χ4v) is 2.67. The van der Waals surface area contributed by atoms with E-state index in [1.165, 1.54) is 0 Å². The summed E-state index contributed by atoms with van der Waals surface area (Å²) in [7, 11) is 1.59. The Bertz CT molecular complexity index is 483. The van der Waals surface area contributed by atoms with E-state index in [4.69, 9.17) is 17.0 Å². The maximum Gasteiger partial charge on any atom is 0.240 e. The lowest BCUT2D eigenvalue weighted by molar-refractivity contribution is -0.131. The Morgan fingerprint density at radius 1 is 1.22 bits per heavy atom. The van der Waals surface area contributed by atoms with E-state index >= 15 is 0 Å². The molecule has 0 unspecified atom stereocenters. The quantitative estimate of drug-likeness (QED) is 0.483. The normalized spacial score (nSPS) is 15.1. The van der Waals surface area contributed by atoms with Crippen molar-refractivity contribution < 1.29 is 14.3 Å². The number of carbonyl (C=O) groups is 2. The maximum atomic E-state index is 11.5. The van der Waals surface area contributed by atoms with Crippen LogP contribution >= 0.6 is 24.2 Å². The van der Waals surface area contributed by atoms with Crippen LogP contribution in [0.3, 0.4) is 0 Å². The molecule has 4 nitrogen and oxygen atoms in total. The Balaban J connectivity index is 2.07. The number of amides is 2. The second-order valence-corrected chi connectivity index (χ2v) is 5.31. The number of benzene rings is 1. The molecule has 6 heteroatoms. The van der Waals surface area contributed by atoms with Crippen molar-refractivity contribution in [3.05, 3.63) is 29.8 Å². The van der Waals surface area contributed by atoms with Gasteiger partial charge in [-0.05, 0) is 24.3 Å². The molecule has 0 atom stereocenters. The van der Waals surface area contributed by atoms with E-state index in [1.54, 1.807) is 31.4 Å². The first-order valence-electron chi connectivity index (χ1n) is 5.34. The van der Waals surface area contributed by atoms with Crippen molar-refractivity contribution in [3.8, 4) is 5.75 Å². The molecule has 0 aliphatic carbocycles. The van der Waals surface area contributed by atoms with Crippen LogP contribution in [0.4, 0.5) is 0 Å². The SMILES string of the molecule is COc1ccc(C(=S)SN2C(=O)CCC2=O)cc1. The minimum absolute atomic E-state index is 0.180. The maximum absolute atomic E-state index is 11.5. The fourth-order valence-electron chi connectivity index (χ4n) is 1.52. The highest BCUT2D eigenvalue weighted by molar-refractivity contribution is 8.22. The van der Waals surface area contributed by atoms with Crippen LogP contribution < -0.4 is 4.74 Å². The number of nitrogens with zero attached hydrogens (tertiary/aromatic N) is 1. The third-order valence-corrected chi connectivity index (χ3v) is 3.96. The van der Waals surface area contributed by atoms with Crippen molar-refractivity contribution in [3.63, 3.8) is 0 Å². The largest absolute Gasteiger partial charge is 0.497 e. The van der Waals surface area contributed by atoms with Gasteiger partial charge in [0.2, 0.25) is 11.8 Å². The van der Waals surface area contributed by atoms with Crippen LogP contribution in [-0.4, -0.2) is 27.4 Å². The van der Waals surface area contributed by atoms with Gasteiger partial charge in [-0.1, -0.05) is 12.2 Å². The van der Waals surface area contributed by atoms with Crippen molar-refractivity contribution in [1.29, 1.82) is 0 Å². The van der Waals surface area contributed by atoms with Gasteiger partial charge in [-0.25, -0.2) is 4.31 Å². The van der Waals surface area contributed by atoms with Gasteiger partial charge >= 0.3 is 0 Å². The lowest BCUT2D eigenvalue weighted by Crippen LogP contribution is -2.23. The molecule has 1 aliphatic rings. The van der Waals surface area contributed by atoms with Crippen molar-refractivity contribution in [2.45, 2.75) is 12.8 Å². The topological polar surface area (TPSA) is 46.6 Å². The molecular weight excluding hydrogens is 270 g/mol. The molecule has 0 N–H and O–H groups in total. The van der Waals surface area contributed by atoms with Gasteiger partial charge in [-0.3, -0.25) is 9.59 Å². The van der Waals surface area contributed by atoms with Crippen LogP contribution in [-0.2, 0) is 9.59 Å². The summed E-state index contributed by atoms with van der Waals surface area (Å²) in [5, 5.41) is 0. The third kappa shape index (κ3) is 2.70. The minimum atomic E-state index is -0.180. The zero-order valence-corrected chi connectivity index (χ0v) is 11.3. The molecule has 2 rings (SSSR count). The smallest absolute Gasteiger partial charge is 0.240 e. The molecule has 0 saturated carbocycles. The molecule has 2 amide bonds. The van der Waals surface area contributed by atoms with Crippen molar-refractivity contribution in [2.75, 3.05) is 7.11 Å². The number of hydrogen-bond donors (Lipinski definition) is 0. The van der Waals surface area contributed by atoms with E-state index in [9.17, 15) is 9.59 Å². The van der Waals surface area contributed by atoms with Gasteiger partial charge < -0.3 is 4.74 Å². The molecule has 0 radical (unpaired) electrons. The summed E-state index contributed by atoms with van der Waals surface area (Å²) in [5.74, 6) is 0.376. The van der Waals surface area contributed by atoms with Gasteiger partial charge in [-0.15, -0.1) is 0 Å². The first kappa shape index (κ1) is 13.0. The zero-order valence-electron chi connectivity index (χ0n) is 9.71. The number of imide groups is 1. The van der Waals surface area contributed by atoms with Gasteiger partial charge in [0.15, 0.2) is 0 Å². The summed E-state index contributed by atoms with van der Waals surface area (Å²) in [6, 6.07) is 7.18. The molecule has 1 fully saturated rings. The molecule has 0 spiro atoms. The predicted octanol–water partition coefficient (Wildman–Crippen LogP) is 2.17. The summed E-state index contributed by atoms with van der Waals surface area (Å²) in [6.07, 6.45) is 0.550. The average molecular weight is 281 g/mol. The second-order valence-electron chi connectivity index (χ2n) is 3.69. The van der Waals surface area contributed by atoms with Crippen LogP contribution in [0.2, 0.25) is 0 Å². The number of carbonyl (C=O) groups excluding carboxylic acids is 2. The molecule has 18 heavy (non-hydrogen) atoms. The van der Waals surface area contributed by atoms with Crippen molar-refractivity contribution >= 4 is 40.2 Å².